The van der Waals surface area contributed by atoms with Gasteiger partial charge in [0.25, 0.3) is 5.91 Å². The molecule has 2 amide bonds. The topological polar surface area (TPSA) is 81.7 Å². The number of hydrogen-bond acceptors (Lipinski definition) is 4. The molecule has 1 heterocycles. The van der Waals surface area contributed by atoms with E-state index in [4.69, 9.17) is 11.6 Å². The summed E-state index contributed by atoms with van der Waals surface area (Å²) >= 11 is 5.82. The molecule has 0 saturated carbocycles. The van der Waals surface area contributed by atoms with Crippen molar-refractivity contribution in [3.05, 3.63) is 63.9 Å². The molecule has 1 unspecified atom stereocenters. The summed E-state index contributed by atoms with van der Waals surface area (Å²) in [5.74, 6) is -2.08. The largest absolute Gasteiger partial charge is 0.415 e. The summed E-state index contributed by atoms with van der Waals surface area (Å²) in [5.41, 5.74) is -0.0364. The van der Waals surface area contributed by atoms with Gasteiger partial charge in [-0.3, -0.25) is 14.5 Å². The number of rotatable bonds is 7. The summed E-state index contributed by atoms with van der Waals surface area (Å²) in [6.07, 6.45) is -7.35. The average Bonchev–Trinajstić information content (AvgIpc) is 2.76. The van der Waals surface area contributed by atoms with Crippen LogP contribution < -0.4 is 10.6 Å². The third-order valence-electron chi connectivity index (χ3n) is 6.11. The lowest BCUT2D eigenvalue weighted by Crippen LogP contribution is -2.67. The van der Waals surface area contributed by atoms with Crippen molar-refractivity contribution in [3.8, 4) is 0 Å². The van der Waals surface area contributed by atoms with E-state index in [1.807, 2.05) is 19.9 Å². The van der Waals surface area contributed by atoms with Gasteiger partial charge >= 0.3 is 6.18 Å². The van der Waals surface area contributed by atoms with Gasteiger partial charge in [-0.05, 0) is 29.2 Å². The van der Waals surface area contributed by atoms with Crippen LogP contribution in [0.2, 0.25) is 5.02 Å². The van der Waals surface area contributed by atoms with E-state index < -0.39 is 41.9 Å². The second kappa shape index (κ2) is 10.1. The minimum Gasteiger partial charge on any atom is -0.382 e. The van der Waals surface area contributed by atoms with Crippen molar-refractivity contribution in [1.82, 2.24) is 10.2 Å². The molecule has 0 radical (unpaired) electrons. The second-order valence-corrected chi connectivity index (χ2v) is 9.30. The van der Waals surface area contributed by atoms with E-state index in [0.29, 0.717) is 5.56 Å². The van der Waals surface area contributed by atoms with Gasteiger partial charge in [-0.15, -0.1) is 0 Å². The van der Waals surface area contributed by atoms with Crippen molar-refractivity contribution in [2.75, 3.05) is 32.0 Å². The monoisotopic (exact) mass is 515 g/mol. The number of benzene rings is 2. The lowest BCUT2D eigenvalue weighted by Gasteiger charge is -2.50. The van der Waals surface area contributed by atoms with E-state index >= 15 is 0 Å². The Kier molecular flexibility index (Phi) is 7.78. The van der Waals surface area contributed by atoms with E-state index in [1.54, 1.807) is 18.2 Å². The average molecular weight is 516 g/mol. The normalized spacial score (nSPS) is 16.5. The van der Waals surface area contributed by atoms with Crippen LogP contribution in [0, 0.1) is 5.82 Å². The predicted octanol–water partition coefficient (Wildman–Crippen LogP) is 4.08. The molecule has 2 aromatic rings. The van der Waals surface area contributed by atoms with Crippen molar-refractivity contribution in [3.63, 3.8) is 0 Å². The molecule has 0 aromatic heterocycles. The first-order chi connectivity index (χ1) is 16.3. The maximum absolute atomic E-state index is 14.2. The van der Waals surface area contributed by atoms with Gasteiger partial charge in [-0.2, -0.15) is 13.2 Å². The Balaban J connectivity index is 2.00. The first-order valence-electron chi connectivity index (χ1n) is 10.9. The molecule has 1 atom stereocenters. The molecule has 1 saturated heterocycles. The Hall–Kier alpha value is -2.69. The van der Waals surface area contributed by atoms with E-state index in [0.717, 1.165) is 17.7 Å². The number of halogens is 5. The third-order valence-corrected chi connectivity index (χ3v) is 6.40. The highest BCUT2D eigenvalue weighted by atomic mass is 35.5. The summed E-state index contributed by atoms with van der Waals surface area (Å²) in [6, 6.07) is 9.10. The molecule has 35 heavy (non-hydrogen) atoms. The molecule has 1 fully saturated rings. The summed E-state index contributed by atoms with van der Waals surface area (Å²) in [6.45, 7) is 2.93. The van der Waals surface area contributed by atoms with Gasteiger partial charge in [-0.25, -0.2) is 4.39 Å². The number of β-amino-alcohol motifs (C(OH)–C–C–N with tert-alkyl or cyclic N) is 1. The summed E-state index contributed by atoms with van der Waals surface area (Å²) < 4.78 is 52.9. The Morgan fingerprint density at radius 1 is 1.20 bits per heavy atom. The van der Waals surface area contributed by atoms with Gasteiger partial charge in [0.15, 0.2) is 6.10 Å². The summed E-state index contributed by atoms with van der Waals surface area (Å²) in [4.78, 5) is 27.3. The van der Waals surface area contributed by atoms with Crippen molar-refractivity contribution in [2.24, 2.45) is 0 Å². The number of likely N-dealkylation sites (tertiary alicyclic amines) is 1. The molecule has 6 nitrogen and oxygen atoms in total. The van der Waals surface area contributed by atoms with Gasteiger partial charge in [-0.1, -0.05) is 49.7 Å². The third kappa shape index (κ3) is 5.44. The Morgan fingerprint density at radius 3 is 2.40 bits per heavy atom. The van der Waals surface area contributed by atoms with E-state index in [9.17, 15) is 32.3 Å². The molecule has 1 aliphatic heterocycles. The maximum Gasteiger partial charge on any atom is 0.415 e. The summed E-state index contributed by atoms with van der Waals surface area (Å²) in [5, 5.41) is 14.2. The number of nitrogens with zero attached hydrogens (tertiary/aromatic N) is 1. The highest BCUT2D eigenvalue weighted by molar-refractivity contribution is 6.31. The fraction of sp³-hybridized carbons (Fsp3) is 0.417. The number of hydrogen-bond donors (Lipinski definition) is 3. The Bertz CT molecular complexity index is 1120. The van der Waals surface area contributed by atoms with Gasteiger partial charge in [0, 0.05) is 26.7 Å². The van der Waals surface area contributed by atoms with Crippen molar-refractivity contribution >= 4 is 29.1 Å². The minimum absolute atomic E-state index is 0.0000897. The van der Waals surface area contributed by atoms with E-state index in [2.05, 4.69) is 10.6 Å². The Morgan fingerprint density at radius 2 is 1.83 bits per heavy atom. The Labute approximate surface area is 205 Å². The van der Waals surface area contributed by atoms with Crippen LogP contribution in [0.1, 0.15) is 41.3 Å². The predicted molar refractivity (Wildman–Crippen MR) is 124 cm³/mol. The fourth-order valence-corrected chi connectivity index (χ4v) is 4.45. The van der Waals surface area contributed by atoms with Gasteiger partial charge in [0.1, 0.15) is 5.82 Å². The first kappa shape index (κ1) is 26.9. The maximum atomic E-state index is 14.2. The molecule has 1 aliphatic rings. The SMILES string of the molecule is CNC(=O)c1cc(Cl)c(F)cc1NC(=O)C1(c2ccccc2C(C)C)CN(CC(O)C(F)(F)F)C1. The lowest BCUT2D eigenvalue weighted by molar-refractivity contribution is -0.212. The number of aliphatic hydroxyl groups excluding tert-OH is 1. The number of alkyl halides is 3. The molecule has 3 rings (SSSR count). The van der Waals surface area contributed by atoms with Gasteiger partial charge in [0.05, 0.1) is 21.7 Å². The quantitative estimate of drug-likeness (QED) is 0.485. The van der Waals surface area contributed by atoms with E-state index in [1.165, 1.54) is 11.9 Å². The first-order valence-corrected chi connectivity index (χ1v) is 11.3. The zero-order valence-corrected chi connectivity index (χ0v) is 20.1. The van der Waals surface area contributed by atoms with Crippen molar-refractivity contribution in [2.45, 2.75) is 37.5 Å². The molecule has 0 bridgehead atoms. The molecule has 3 N–H and O–H groups in total. The van der Waals surface area contributed by atoms with Crippen LogP contribution in [0.3, 0.4) is 0 Å². The van der Waals surface area contributed by atoms with Gasteiger partial charge < -0.3 is 15.7 Å². The van der Waals surface area contributed by atoms with Crippen LogP contribution in [0.25, 0.3) is 0 Å². The molecular formula is C24H26ClF4N3O3. The van der Waals surface area contributed by atoms with Crippen LogP contribution in [-0.4, -0.2) is 60.8 Å². The molecule has 11 heteroatoms. The highest BCUT2D eigenvalue weighted by Gasteiger charge is 2.53. The number of carbonyl (C=O) groups is 2. The number of aliphatic hydroxyl groups is 1. The van der Waals surface area contributed by atoms with Crippen molar-refractivity contribution in [1.29, 1.82) is 0 Å². The van der Waals surface area contributed by atoms with Crippen LogP contribution in [-0.2, 0) is 10.2 Å². The molecule has 0 aliphatic carbocycles. The van der Waals surface area contributed by atoms with Gasteiger partial charge in [0.2, 0.25) is 5.91 Å². The highest BCUT2D eigenvalue weighted by Crippen LogP contribution is 2.41. The molecule has 0 spiro atoms. The smallest absolute Gasteiger partial charge is 0.382 e. The van der Waals surface area contributed by atoms with Crippen LogP contribution in [0.5, 0.6) is 0 Å². The number of anilines is 1. The van der Waals surface area contributed by atoms with Crippen molar-refractivity contribution < 1.29 is 32.3 Å². The summed E-state index contributed by atoms with van der Waals surface area (Å²) in [7, 11) is 1.36. The molecular weight excluding hydrogens is 490 g/mol. The molecule has 2 aromatic carbocycles. The number of nitrogens with one attached hydrogen (secondary N) is 2. The van der Waals surface area contributed by atoms with Crippen LogP contribution in [0.4, 0.5) is 23.2 Å². The van der Waals surface area contributed by atoms with Crippen LogP contribution in [0.15, 0.2) is 36.4 Å². The fourth-order valence-electron chi connectivity index (χ4n) is 4.28. The second-order valence-electron chi connectivity index (χ2n) is 8.90. The zero-order chi connectivity index (χ0) is 26.1. The molecule has 190 valence electrons. The number of carbonyl (C=O) groups excluding carboxylic acids is 2. The minimum atomic E-state index is -4.79. The lowest BCUT2D eigenvalue weighted by atomic mass is 9.69. The van der Waals surface area contributed by atoms with E-state index in [-0.39, 0.29) is 35.3 Å². The number of amides is 2. The van der Waals surface area contributed by atoms with Crippen LogP contribution >= 0.6 is 11.6 Å². The standard InChI is InChI=1S/C24H26ClF4N3O3/c1-13(2)14-6-4-5-7-16(14)23(11-32(12-23)10-20(33)24(27,28)29)22(35)31-19-9-18(26)17(25)8-15(19)21(34)30-3/h4-9,13,20,33H,10-12H2,1-3H3,(H,30,34)(H,31,35). The zero-order valence-electron chi connectivity index (χ0n) is 19.3.